The Morgan fingerprint density at radius 2 is 1.82 bits per heavy atom. The fourth-order valence-electron chi connectivity index (χ4n) is 4.01. The van der Waals surface area contributed by atoms with Crippen LogP contribution in [0.15, 0.2) is 47.6 Å². The van der Waals surface area contributed by atoms with Crippen molar-refractivity contribution < 1.29 is 14.3 Å². The van der Waals surface area contributed by atoms with Gasteiger partial charge in [0.25, 0.3) is 0 Å². The lowest BCUT2D eigenvalue weighted by Crippen LogP contribution is -2.29. The van der Waals surface area contributed by atoms with Crippen molar-refractivity contribution in [3.8, 4) is 0 Å². The molecule has 1 saturated heterocycles. The van der Waals surface area contributed by atoms with Gasteiger partial charge >= 0.3 is 0 Å². The van der Waals surface area contributed by atoms with Gasteiger partial charge in [0.2, 0.25) is 5.91 Å². The highest BCUT2D eigenvalue weighted by molar-refractivity contribution is 7.80. The van der Waals surface area contributed by atoms with Crippen molar-refractivity contribution >= 4 is 35.5 Å². The highest BCUT2D eigenvalue weighted by Crippen LogP contribution is 2.45. The predicted molar refractivity (Wildman–Crippen MR) is 138 cm³/mol. The van der Waals surface area contributed by atoms with Gasteiger partial charge in [0, 0.05) is 29.9 Å². The fourth-order valence-corrected chi connectivity index (χ4v) is 4.16. The molecule has 186 valence electrons. The van der Waals surface area contributed by atoms with E-state index >= 15 is 0 Å². The summed E-state index contributed by atoms with van der Waals surface area (Å²) in [7, 11) is 0. The number of rotatable bonds is 2. The summed E-state index contributed by atoms with van der Waals surface area (Å²) in [5.74, 6) is 0.00373. The number of amides is 1. The van der Waals surface area contributed by atoms with Gasteiger partial charge in [0.1, 0.15) is 11.3 Å². The van der Waals surface area contributed by atoms with Crippen molar-refractivity contribution in [1.82, 2.24) is 15.0 Å². The number of ether oxygens (including phenoxy) is 2. The topological polar surface area (TPSA) is 129 Å². The number of carbonyl (C=O) groups is 1. The molecule has 0 bridgehead atoms. The number of aromatic nitrogens is 3. The molecule has 1 aliphatic heterocycles. The van der Waals surface area contributed by atoms with Crippen molar-refractivity contribution in [3.05, 3.63) is 48.3 Å². The largest absolute Gasteiger partial charge is 0.382 e. The van der Waals surface area contributed by atoms with Gasteiger partial charge in [-0.15, -0.1) is 12.6 Å². The fraction of sp³-hybridized carbons (Fsp3) is 0.480. The molecule has 1 saturated carbocycles. The van der Waals surface area contributed by atoms with E-state index in [0.717, 1.165) is 28.9 Å². The lowest BCUT2D eigenvalue weighted by atomic mass is 9.93. The number of benzene rings is 1. The van der Waals surface area contributed by atoms with Crippen molar-refractivity contribution in [1.29, 1.82) is 0 Å². The maximum Gasteiger partial charge on any atom is 0.221 e. The molecule has 1 amide bonds. The highest BCUT2D eigenvalue weighted by atomic mass is 32.1. The summed E-state index contributed by atoms with van der Waals surface area (Å²) in [6, 6.07) is 9.89. The zero-order valence-corrected chi connectivity index (χ0v) is 21.3. The number of nitrogens with two attached hydrogens (primary N) is 2. The van der Waals surface area contributed by atoms with Gasteiger partial charge in [0.15, 0.2) is 11.4 Å². The molecule has 1 spiro atoms. The second kappa shape index (κ2) is 13.3. The Bertz CT molecular complexity index is 998. The van der Waals surface area contributed by atoms with E-state index in [0.29, 0.717) is 31.4 Å². The Hall–Kier alpha value is -2.62. The Morgan fingerprint density at radius 3 is 2.35 bits per heavy atom. The number of nitrogens with zero attached hydrogens (tertiary/aromatic N) is 2. The van der Waals surface area contributed by atoms with Crippen LogP contribution in [0.4, 0.5) is 5.82 Å². The highest BCUT2D eigenvalue weighted by Gasteiger charge is 2.50. The normalized spacial score (nSPS) is 19.9. The Morgan fingerprint density at radius 1 is 1.18 bits per heavy atom. The first kappa shape index (κ1) is 27.6. The minimum absolute atomic E-state index is 0.0712. The third kappa shape index (κ3) is 7.72. The number of nitrogen functional groups attached to an aromatic ring is 1. The number of nitrogens with one attached hydrogen (secondary N) is 1. The third-order valence-corrected chi connectivity index (χ3v) is 5.99. The monoisotopic (exact) mass is 487 g/mol. The molecule has 9 heteroatoms. The standard InChI is InChI=1S/C10H17NO3.C7H8S.C6H6N4.C2H6/c1-2-7-5-10(13-3-4-14-10)6-8(7)9(11)12;1-6-2-4-7(8)5-3-6;7-5-3-9-6-4(10-5)1-2-8-6;1-2/h7-8H,2-6H2,1H3,(H2,11,12);2-5,8H,1H3;1-3H,(H2,7,10)(H,8,9);1-2H3. The number of primary amides is 1. The number of fused-ring (bicyclic) bond motifs is 1. The average Bonchev–Trinajstić information content (AvgIpc) is 3.58. The van der Waals surface area contributed by atoms with E-state index in [4.69, 9.17) is 20.9 Å². The first-order valence-corrected chi connectivity index (χ1v) is 12.1. The van der Waals surface area contributed by atoms with Crippen LogP contribution in [0.3, 0.4) is 0 Å². The van der Waals surface area contributed by atoms with Crippen LogP contribution in [0.2, 0.25) is 0 Å². The SMILES string of the molecule is CC.CCC1CC2(CC1C(N)=O)OCCO2.Cc1ccc(S)cc1.Nc1cnc2[nH]ccc2n1. The molecule has 5 N–H and O–H groups in total. The lowest BCUT2D eigenvalue weighted by Gasteiger charge is -2.21. The molecule has 1 aliphatic carbocycles. The maximum atomic E-state index is 11.2. The number of thiol groups is 1. The predicted octanol–water partition coefficient (Wildman–Crippen LogP) is 4.50. The number of hydrogen-bond donors (Lipinski definition) is 4. The number of hydrogen-bond acceptors (Lipinski definition) is 7. The summed E-state index contributed by atoms with van der Waals surface area (Å²) in [4.78, 5) is 23.2. The van der Waals surface area contributed by atoms with E-state index in [1.54, 1.807) is 6.20 Å². The van der Waals surface area contributed by atoms with E-state index in [1.807, 2.05) is 44.2 Å². The van der Waals surface area contributed by atoms with Crippen LogP contribution >= 0.6 is 12.6 Å². The molecule has 2 aliphatic rings. The zero-order chi connectivity index (χ0) is 25.1. The molecule has 8 nitrogen and oxygen atoms in total. The molecule has 34 heavy (non-hydrogen) atoms. The van der Waals surface area contributed by atoms with Gasteiger partial charge in [-0.2, -0.15) is 0 Å². The van der Waals surface area contributed by atoms with E-state index in [-0.39, 0.29) is 11.8 Å². The molecule has 3 heterocycles. The first-order chi connectivity index (χ1) is 16.3. The number of anilines is 1. The second-order valence-corrected chi connectivity index (χ2v) is 8.55. The number of H-pyrrole nitrogens is 1. The summed E-state index contributed by atoms with van der Waals surface area (Å²) in [5, 5.41) is 0. The van der Waals surface area contributed by atoms with Crippen LogP contribution < -0.4 is 11.5 Å². The smallest absolute Gasteiger partial charge is 0.221 e. The van der Waals surface area contributed by atoms with Gasteiger partial charge in [-0.05, 0) is 31.0 Å². The molecular formula is C25H37N5O3S. The minimum Gasteiger partial charge on any atom is -0.382 e. The van der Waals surface area contributed by atoms with Crippen molar-refractivity contribution in [3.63, 3.8) is 0 Å². The van der Waals surface area contributed by atoms with E-state index < -0.39 is 5.79 Å². The summed E-state index contributed by atoms with van der Waals surface area (Å²) in [6.07, 6.45) is 5.73. The minimum atomic E-state index is -0.486. The van der Waals surface area contributed by atoms with Crippen LogP contribution in [0.5, 0.6) is 0 Å². The Labute approximate surface area is 207 Å². The molecule has 2 fully saturated rings. The molecule has 1 aromatic carbocycles. The average molecular weight is 488 g/mol. The molecule has 5 rings (SSSR count). The van der Waals surface area contributed by atoms with E-state index in [2.05, 4.69) is 41.4 Å². The molecule has 3 aromatic rings. The van der Waals surface area contributed by atoms with Crippen LogP contribution in [0, 0.1) is 18.8 Å². The summed E-state index contributed by atoms with van der Waals surface area (Å²) in [6.45, 7) is 9.42. The number of aromatic amines is 1. The number of aryl methyl sites for hydroxylation is 1. The molecular weight excluding hydrogens is 450 g/mol. The van der Waals surface area contributed by atoms with Crippen LogP contribution in [-0.2, 0) is 14.3 Å². The van der Waals surface area contributed by atoms with Gasteiger partial charge in [-0.1, -0.05) is 44.9 Å². The van der Waals surface area contributed by atoms with Gasteiger partial charge in [-0.25, -0.2) is 9.97 Å². The van der Waals surface area contributed by atoms with Crippen molar-refractivity contribution in [2.75, 3.05) is 18.9 Å². The Balaban J connectivity index is 0.000000181. The number of carbonyl (C=O) groups excluding carboxylic acids is 1. The lowest BCUT2D eigenvalue weighted by molar-refractivity contribution is -0.156. The van der Waals surface area contributed by atoms with Gasteiger partial charge in [0.05, 0.1) is 19.4 Å². The first-order valence-electron chi connectivity index (χ1n) is 11.7. The maximum absolute atomic E-state index is 11.2. The Kier molecular flexibility index (Phi) is 10.8. The molecule has 0 radical (unpaired) electrons. The van der Waals surface area contributed by atoms with Crippen LogP contribution in [-0.4, -0.2) is 39.9 Å². The van der Waals surface area contributed by atoms with Crippen LogP contribution in [0.25, 0.3) is 11.2 Å². The van der Waals surface area contributed by atoms with Gasteiger partial charge < -0.3 is 25.9 Å². The summed E-state index contributed by atoms with van der Waals surface area (Å²) >= 11 is 4.13. The zero-order valence-electron chi connectivity index (χ0n) is 20.5. The summed E-state index contributed by atoms with van der Waals surface area (Å²) in [5.41, 5.74) is 13.6. The van der Waals surface area contributed by atoms with Crippen molar-refractivity contribution in [2.45, 2.75) is 57.6 Å². The van der Waals surface area contributed by atoms with Gasteiger partial charge in [-0.3, -0.25) is 4.79 Å². The molecule has 2 atom stereocenters. The quantitative estimate of drug-likeness (QED) is 0.394. The van der Waals surface area contributed by atoms with E-state index in [1.165, 1.54) is 11.8 Å². The third-order valence-electron chi connectivity index (χ3n) is 5.69. The molecule has 2 aromatic heterocycles. The van der Waals surface area contributed by atoms with Crippen molar-refractivity contribution in [2.24, 2.45) is 17.6 Å². The molecule has 2 unspecified atom stereocenters. The van der Waals surface area contributed by atoms with E-state index in [9.17, 15) is 4.79 Å². The summed E-state index contributed by atoms with van der Waals surface area (Å²) < 4.78 is 11.2. The van der Waals surface area contributed by atoms with Crippen LogP contribution in [0.1, 0.15) is 45.6 Å². The second-order valence-electron chi connectivity index (χ2n) is 8.03.